The molecule has 1 unspecified atom stereocenters. The number of halogens is 1. The molecule has 3 rings (SSSR count). The molecule has 126 valence electrons. The maximum Gasteiger partial charge on any atom is 0.276 e. The van der Waals surface area contributed by atoms with E-state index in [1.807, 2.05) is 0 Å². The number of amides is 1. The predicted molar refractivity (Wildman–Crippen MR) is 92.1 cm³/mol. The van der Waals surface area contributed by atoms with Crippen molar-refractivity contribution in [2.45, 2.75) is 12.5 Å². The molecule has 0 radical (unpaired) electrons. The number of nitrogens with one attached hydrogen (secondary N) is 2. The van der Waals surface area contributed by atoms with E-state index in [1.54, 1.807) is 30.3 Å². The van der Waals surface area contributed by atoms with Crippen LogP contribution < -0.4 is 10.6 Å². The van der Waals surface area contributed by atoms with Crippen LogP contribution in [0.1, 0.15) is 16.9 Å². The topological polar surface area (TPSA) is 101 Å². The summed E-state index contributed by atoms with van der Waals surface area (Å²) in [6, 6.07) is 9.82. The minimum Gasteiger partial charge on any atom is -0.365 e. The average molecular weight is 367 g/mol. The van der Waals surface area contributed by atoms with Crippen molar-refractivity contribution in [3.05, 3.63) is 47.1 Å². The van der Waals surface area contributed by atoms with Crippen LogP contribution in [0.15, 0.2) is 36.4 Å². The number of sulfone groups is 1. The highest BCUT2D eigenvalue weighted by molar-refractivity contribution is 7.91. The fourth-order valence-electron chi connectivity index (χ4n) is 2.40. The maximum atomic E-state index is 12.1. The smallest absolute Gasteiger partial charge is 0.276 e. The van der Waals surface area contributed by atoms with Gasteiger partial charge in [-0.1, -0.05) is 23.7 Å². The summed E-state index contributed by atoms with van der Waals surface area (Å²) in [6.45, 7) is 0. The average Bonchev–Trinajstić information content (AvgIpc) is 2.89. The molecule has 1 aromatic carbocycles. The van der Waals surface area contributed by atoms with E-state index >= 15 is 0 Å². The van der Waals surface area contributed by atoms with Crippen molar-refractivity contribution >= 4 is 38.9 Å². The van der Waals surface area contributed by atoms with Crippen LogP contribution in [0, 0.1) is 0 Å². The highest BCUT2D eigenvalue weighted by Crippen LogP contribution is 2.21. The number of benzene rings is 1. The molecule has 9 heteroatoms. The van der Waals surface area contributed by atoms with E-state index in [2.05, 4.69) is 20.8 Å². The van der Waals surface area contributed by atoms with E-state index < -0.39 is 15.7 Å². The Hall–Kier alpha value is -2.19. The molecule has 0 spiro atoms. The summed E-state index contributed by atoms with van der Waals surface area (Å²) in [6.07, 6.45) is 0.540. The number of carbonyl (C=O) groups is 1. The van der Waals surface area contributed by atoms with Gasteiger partial charge in [0, 0.05) is 6.04 Å². The minimum absolute atomic E-state index is 0.0867. The minimum atomic E-state index is -2.96. The molecule has 0 saturated carbocycles. The molecule has 1 aliphatic heterocycles. The molecule has 1 aliphatic rings. The zero-order valence-corrected chi connectivity index (χ0v) is 14.1. The fraction of sp³-hybridized carbons (Fsp3) is 0.267. The van der Waals surface area contributed by atoms with Gasteiger partial charge < -0.3 is 10.6 Å². The SMILES string of the molecule is O=C(Nc1ccccc1Cl)c1ccc(NC2CCS(=O)(=O)C2)nn1. The Morgan fingerprint density at radius 1 is 1.17 bits per heavy atom. The molecule has 1 amide bonds. The van der Waals surface area contributed by atoms with Crippen molar-refractivity contribution in [2.75, 3.05) is 22.1 Å². The molecule has 2 heterocycles. The first-order valence-corrected chi connectivity index (χ1v) is 9.49. The van der Waals surface area contributed by atoms with Crippen LogP contribution >= 0.6 is 11.6 Å². The first-order valence-electron chi connectivity index (χ1n) is 7.29. The zero-order valence-electron chi connectivity index (χ0n) is 12.6. The maximum absolute atomic E-state index is 12.1. The second kappa shape index (κ2) is 6.74. The quantitative estimate of drug-likeness (QED) is 0.858. The van der Waals surface area contributed by atoms with Gasteiger partial charge >= 0.3 is 0 Å². The van der Waals surface area contributed by atoms with Crippen LogP contribution in [0.25, 0.3) is 0 Å². The normalized spacial score (nSPS) is 19.0. The molecule has 1 saturated heterocycles. The van der Waals surface area contributed by atoms with Gasteiger partial charge in [0.15, 0.2) is 15.5 Å². The molecule has 1 aromatic heterocycles. The van der Waals surface area contributed by atoms with Crippen LogP contribution in [-0.4, -0.2) is 42.1 Å². The summed E-state index contributed by atoms with van der Waals surface area (Å²) < 4.78 is 22.9. The van der Waals surface area contributed by atoms with Crippen LogP contribution in [-0.2, 0) is 9.84 Å². The third-order valence-corrected chi connectivity index (χ3v) is 5.70. The van der Waals surface area contributed by atoms with Gasteiger partial charge in [-0.3, -0.25) is 4.79 Å². The highest BCUT2D eigenvalue weighted by Gasteiger charge is 2.28. The predicted octanol–water partition coefficient (Wildman–Crippen LogP) is 1.98. The molecule has 24 heavy (non-hydrogen) atoms. The Labute approximate surface area is 144 Å². The molecule has 2 aromatic rings. The van der Waals surface area contributed by atoms with Crippen molar-refractivity contribution < 1.29 is 13.2 Å². The first kappa shape index (κ1) is 16.7. The van der Waals surface area contributed by atoms with Gasteiger partial charge in [0.25, 0.3) is 5.91 Å². The van der Waals surface area contributed by atoms with E-state index in [4.69, 9.17) is 11.6 Å². The molecule has 1 atom stereocenters. The first-order chi connectivity index (χ1) is 11.4. The molecular formula is C15H15ClN4O3S. The van der Waals surface area contributed by atoms with Crippen LogP contribution in [0.2, 0.25) is 5.02 Å². The molecule has 0 aliphatic carbocycles. The van der Waals surface area contributed by atoms with Crippen molar-refractivity contribution in [3.8, 4) is 0 Å². The van der Waals surface area contributed by atoms with Gasteiger partial charge in [-0.25, -0.2) is 8.42 Å². The molecular weight excluding hydrogens is 352 g/mol. The van der Waals surface area contributed by atoms with Gasteiger partial charge in [0.1, 0.15) is 5.82 Å². The fourth-order valence-corrected chi connectivity index (χ4v) is 4.25. The number of anilines is 2. The zero-order chi connectivity index (χ0) is 17.2. The van der Waals surface area contributed by atoms with Gasteiger partial charge in [-0.15, -0.1) is 10.2 Å². The summed E-state index contributed by atoms with van der Waals surface area (Å²) in [5, 5.41) is 13.9. The summed E-state index contributed by atoms with van der Waals surface area (Å²) in [5.41, 5.74) is 0.629. The third kappa shape index (κ3) is 4.01. The van der Waals surface area contributed by atoms with Crippen molar-refractivity contribution in [2.24, 2.45) is 0 Å². The lowest BCUT2D eigenvalue weighted by Gasteiger charge is -2.11. The van der Waals surface area contributed by atoms with Gasteiger partial charge in [0.05, 0.1) is 22.2 Å². The third-order valence-electron chi connectivity index (χ3n) is 3.60. The second-order valence-corrected chi connectivity index (χ2v) is 8.12. The molecule has 1 fully saturated rings. The van der Waals surface area contributed by atoms with Crippen LogP contribution in [0.3, 0.4) is 0 Å². The monoisotopic (exact) mass is 366 g/mol. The number of carbonyl (C=O) groups excluding carboxylic acids is 1. The summed E-state index contributed by atoms with van der Waals surface area (Å²) in [5.74, 6) is 0.275. The standard InChI is InChI=1S/C15H15ClN4O3S/c16-11-3-1-2-4-12(11)18-15(21)13-5-6-14(20-19-13)17-10-7-8-24(22,23)9-10/h1-6,10H,7-9H2,(H,17,20)(H,18,21). The molecule has 0 bridgehead atoms. The lowest BCUT2D eigenvalue weighted by Crippen LogP contribution is -2.22. The van der Waals surface area contributed by atoms with Crippen molar-refractivity contribution in [3.63, 3.8) is 0 Å². The van der Waals surface area contributed by atoms with Crippen LogP contribution in [0.4, 0.5) is 11.5 Å². The lowest BCUT2D eigenvalue weighted by atomic mass is 10.2. The van der Waals surface area contributed by atoms with Gasteiger partial charge in [-0.05, 0) is 30.7 Å². The Balaban J connectivity index is 1.64. The summed E-state index contributed by atoms with van der Waals surface area (Å²) in [7, 11) is -2.96. The van der Waals surface area contributed by atoms with E-state index in [9.17, 15) is 13.2 Å². The van der Waals surface area contributed by atoms with Crippen molar-refractivity contribution in [1.29, 1.82) is 0 Å². The van der Waals surface area contributed by atoms with E-state index in [0.29, 0.717) is 22.9 Å². The number of para-hydroxylation sites is 1. The summed E-state index contributed by atoms with van der Waals surface area (Å²) in [4.78, 5) is 12.1. The van der Waals surface area contributed by atoms with Gasteiger partial charge in [-0.2, -0.15) is 0 Å². The van der Waals surface area contributed by atoms with Gasteiger partial charge in [0.2, 0.25) is 0 Å². The Kier molecular flexibility index (Phi) is 4.68. The Morgan fingerprint density at radius 2 is 1.96 bits per heavy atom. The number of hydrogen-bond donors (Lipinski definition) is 2. The number of rotatable bonds is 4. The van der Waals surface area contributed by atoms with Crippen LogP contribution in [0.5, 0.6) is 0 Å². The Morgan fingerprint density at radius 3 is 2.58 bits per heavy atom. The number of aromatic nitrogens is 2. The summed E-state index contributed by atoms with van der Waals surface area (Å²) >= 11 is 5.99. The lowest BCUT2D eigenvalue weighted by molar-refractivity contribution is 0.102. The van der Waals surface area contributed by atoms with E-state index in [0.717, 1.165) is 0 Å². The number of hydrogen-bond acceptors (Lipinski definition) is 6. The molecule has 7 nitrogen and oxygen atoms in total. The van der Waals surface area contributed by atoms with E-state index in [1.165, 1.54) is 6.07 Å². The molecule has 2 N–H and O–H groups in total. The van der Waals surface area contributed by atoms with Crippen molar-refractivity contribution in [1.82, 2.24) is 10.2 Å². The largest absolute Gasteiger partial charge is 0.365 e. The van der Waals surface area contributed by atoms with E-state index in [-0.39, 0.29) is 23.2 Å². The Bertz CT molecular complexity index is 855. The second-order valence-electron chi connectivity index (χ2n) is 5.48. The highest BCUT2D eigenvalue weighted by atomic mass is 35.5. The number of nitrogens with zero attached hydrogens (tertiary/aromatic N) is 2.